The highest BCUT2D eigenvalue weighted by Crippen LogP contribution is 2.27. The summed E-state index contributed by atoms with van der Waals surface area (Å²) >= 11 is 0. The summed E-state index contributed by atoms with van der Waals surface area (Å²) < 4.78 is 0. The molecule has 0 aromatic rings. The van der Waals surface area contributed by atoms with Crippen molar-refractivity contribution in [3.05, 3.63) is 11.8 Å². The van der Waals surface area contributed by atoms with Crippen LogP contribution in [0.1, 0.15) is 44.9 Å². The third kappa shape index (κ3) is 2.85. The lowest BCUT2D eigenvalue weighted by Crippen LogP contribution is -2.29. The van der Waals surface area contributed by atoms with Crippen molar-refractivity contribution in [2.24, 2.45) is 5.92 Å². The minimum Gasteiger partial charge on any atom is -0.375 e. The van der Waals surface area contributed by atoms with Crippen molar-refractivity contribution < 1.29 is 0 Å². The standard InChI is InChI=1S/C15H26N2/c1-2-6-15(7-3-1)17-11-8-14(13-17)12-16-9-4-5-10-16/h6,14H,1-5,7-13H2. The van der Waals surface area contributed by atoms with Crippen molar-refractivity contribution in [2.75, 3.05) is 32.7 Å². The first-order valence-corrected chi connectivity index (χ1v) is 7.58. The van der Waals surface area contributed by atoms with Crippen LogP contribution in [-0.4, -0.2) is 42.5 Å². The quantitative estimate of drug-likeness (QED) is 0.741. The van der Waals surface area contributed by atoms with Crippen LogP contribution in [-0.2, 0) is 0 Å². The SMILES string of the molecule is C1=C(N2CCC(CN3CCCC3)C2)CCCC1. The maximum absolute atomic E-state index is 2.68. The van der Waals surface area contributed by atoms with Gasteiger partial charge in [0, 0.05) is 25.3 Å². The van der Waals surface area contributed by atoms with E-state index < -0.39 is 0 Å². The summed E-state index contributed by atoms with van der Waals surface area (Å²) in [6.45, 7) is 6.74. The second-order valence-corrected chi connectivity index (χ2v) is 6.05. The monoisotopic (exact) mass is 234 g/mol. The predicted octanol–water partition coefficient (Wildman–Crippen LogP) is 2.86. The van der Waals surface area contributed by atoms with Crippen molar-refractivity contribution in [3.8, 4) is 0 Å². The molecule has 0 radical (unpaired) electrons. The molecule has 0 amide bonds. The molecule has 0 aromatic carbocycles. The smallest absolute Gasteiger partial charge is 0.0216 e. The first-order chi connectivity index (χ1) is 8.42. The van der Waals surface area contributed by atoms with Gasteiger partial charge in [-0.15, -0.1) is 0 Å². The van der Waals surface area contributed by atoms with Gasteiger partial charge in [0.1, 0.15) is 0 Å². The summed E-state index contributed by atoms with van der Waals surface area (Å²) in [6.07, 6.45) is 12.3. The average Bonchev–Trinajstić information content (AvgIpc) is 3.02. The van der Waals surface area contributed by atoms with Crippen LogP contribution in [0, 0.1) is 5.92 Å². The number of hydrogen-bond donors (Lipinski definition) is 0. The molecule has 0 bridgehead atoms. The highest BCUT2D eigenvalue weighted by Gasteiger charge is 2.26. The minimum atomic E-state index is 0.941. The fraction of sp³-hybridized carbons (Fsp3) is 0.867. The summed E-state index contributed by atoms with van der Waals surface area (Å²) in [5, 5.41) is 0. The second kappa shape index (κ2) is 5.43. The van der Waals surface area contributed by atoms with Gasteiger partial charge < -0.3 is 9.80 Å². The van der Waals surface area contributed by atoms with Crippen LogP contribution in [0.4, 0.5) is 0 Å². The Morgan fingerprint density at radius 2 is 1.94 bits per heavy atom. The molecule has 1 unspecified atom stereocenters. The third-order valence-corrected chi connectivity index (χ3v) is 4.67. The van der Waals surface area contributed by atoms with Crippen molar-refractivity contribution in [2.45, 2.75) is 44.9 Å². The zero-order chi connectivity index (χ0) is 11.5. The van der Waals surface area contributed by atoms with Gasteiger partial charge in [-0.05, 0) is 64.0 Å². The van der Waals surface area contributed by atoms with Gasteiger partial charge in [0.05, 0.1) is 0 Å². The Labute approximate surface area is 106 Å². The van der Waals surface area contributed by atoms with Crippen molar-refractivity contribution in [3.63, 3.8) is 0 Å². The van der Waals surface area contributed by atoms with Gasteiger partial charge in [0.25, 0.3) is 0 Å². The van der Waals surface area contributed by atoms with Gasteiger partial charge in [-0.2, -0.15) is 0 Å². The van der Waals surface area contributed by atoms with Gasteiger partial charge in [-0.1, -0.05) is 6.08 Å². The zero-order valence-corrected chi connectivity index (χ0v) is 11.0. The van der Waals surface area contributed by atoms with Gasteiger partial charge in [-0.3, -0.25) is 0 Å². The lowest BCUT2D eigenvalue weighted by Gasteiger charge is -2.26. The van der Waals surface area contributed by atoms with E-state index in [0.717, 1.165) is 5.92 Å². The van der Waals surface area contributed by atoms with Crippen molar-refractivity contribution >= 4 is 0 Å². The Morgan fingerprint density at radius 1 is 1.06 bits per heavy atom. The first kappa shape index (κ1) is 11.6. The van der Waals surface area contributed by atoms with Crippen LogP contribution >= 0.6 is 0 Å². The number of likely N-dealkylation sites (tertiary alicyclic amines) is 2. The Balaban J connectivity index is 1.49. The van der Waals surface area contributed by atoms with E-state index in [1.165, 1.54) is 77.7 Å². The minimum absolute atomic E-state index is 0.941. The number of hydrogen-bond acceptors (Lipinski definition) is 2. The van der Waals surface area contributed by atoms with Crippen LogP contribution in [0.15, 0.2) is 11.8 Å². The average molecular weight is 234 g/mol. The normalized spacial score (nSPS) is 30.9. The molecule has 2 heteroatoms. The Hall–Kier alpha value is -0.500. The fourth-order valence-corrected chi connectivity index (χ4v) is 3.68. The molecule has 0 aromatic heterocycles. The summed E-state index contributed by atoms with van der Waals surface area (Å²) in [6, 6.07) is 0. The Bertz CT molecular complexity index is 279. The van der Waals surface area contributed by atoms with E-state index in [0.29, 0.717) is 0 Å². The molecule has 1 atom stereocenters. The zero-order valence-electron chi connectivity index (χ0n) is 11.0. The summed E-state index contributed by atoms with van der Waals surface area (Å²) in [5.74, 6) is 0.941. The molecule has 3 rings (SSSR count). The summed E-state index contributed by atoms with van der Waals surface area (Å²) in [5.41, 5.74) is 1.67. The lowest BCUT2D eigenvalue weighted by atomic mass is 10.0. The Kier molecular flexibility index (Phi) is 3.70. The molecule has 2 saturated heterocycles. The van der Waals surface area contributed by atoms with Crippen LogP contribution < -0.4 is 0 Å². The molecule has 2 nitrogen and oxygen atoms in total. The fourth-order valence-electron chi connectivity index (χ4n) is 3.68. The second-order valence-electron chi connectivity index (χ2n) is 6.05. The van der Waals surface area contributed by atoms with Gasteiger partial charge >= 0.3 is 0 Å². The molecule has 0 spiro atoms. The van der Waals surface area contributed by atoms with E-state index in [1.54, 1.807) is 5.70 Å². The molecular weight excluding hydrogens is 208 g/mol. The highest BCUT2D eigenvalue weighted by molar-refractivity contribution is 5.06. The van der Waals surface area contributed by atoms with Crippen LogP contribution in [0.5, 0.6) is 0 Å². The van der Waals surface area contributed by atoms with E-state index in [1.807, 2.05) is 0 Å². The Morgan fingerprint density at radius 3 is 2.71 bits per heavy atom. The molecular formula is C15H26N2. The molecule has 2 heterocycles. The van der Waals surface area contributed by atoms with Crippen molar-refractivity contribution in [1.29, 1.82) is 0 Å². The third-order valence-electron chi connectivity index (χ3n) is 4.67. The van der Waals surface area contributed by atoms with E-state index in [9.17, 15) is 0 Å². The summed E-state index contributed by atoms with van der Waals surface area (Å²) in [4.78, 5) is 5.36. The number of nitrogens with zero attached hydrogens (tertiary/aromatic N) is 2. The predicted molar refractivity (Wildman–Crippen MR) is 71.9 cm³/mol. The van der Waals surface area contributed by atoms with E-state index >= 15 is 0 Å². The van der Waals surface area contributed by atoms with E-state index in [2.05, 4.69) is 15.9 Å². The highest BCUT2D eigenvalue weighted by atomic mass is 15.2. The lowest BCUT2D eigenvalue weighted by molar-refractivity contribution is 0.274. The molecule has 0 saturated carbocycles. The molecule has 0 N–H and O–H groups in total. The van der Waals surface area contributed by atoms with Gasteiger partial charge in [-0.25, -0.2) is 0 Å². The maximum Gasteiger partial charge on any atom is 0.0216 e. The van der Waals surface area contributed by atoms with Gasteiger partial charge in [0.2, 0.25) is 0 Å². The number of rotatable bonds is 3. The first-order valence-electron chi connectivity index (χ1n) is 7.58. The molecule has 3 aliphatic rings. The molecule has 2 aliphatic heterocycles. The van der Waals surface area contributed by atoms with Gasteiger partial charge in [0.15, 0.2) is 0 Å². The molecule has 17 heavy (non-hydrogen) atoms. The topological polar surface area (TPSA) is 6.48 Å². The van der Waals surface area contributed by atoms with Crippen LogP contribution in [0.2, 0.25) is 0 Å². The molecule has 96 valence electrons. The van der Waals surface area contributed by atoms with E-state index in [-0.39, 0.29) is 0 Å². The van der Waals surface area contributed by atoms with Crippen LogP contribution in [0.25, 0.3) is 0 Å². The van der Waals surface area contributed by atoms with Crippen molar-refractivity contribution in [1.82, 2.24) is 9.80 Å². The van der Waals surface area contributed by atoms with E-state index in [4.69, 9.17) is 0 Å². The molecule has 2 fully saturated rings. The number of allylic oxidation sites excluding steroid dienone is 2. The largest absolute Gasteiger partial charge is 0.375 e. The summed E-state index contributed by atoms with van der Waals surface area (Å²) in [7, 11) is 0. The molecule has 1 aliphatic carbocycles. The van der Waals surface area contributed by atoms with Crippen LogP contribution in [0.3, 0.4) is 0 Å². The maximum atomic E-state index is 2.68.